The fourth-order valence-corrected chi connectivity index (χ4v) is 4.98. The summed E-state index contributed by atoms with van der Waals surface area (Å²) in [5.41, 5.74) is 7.98. The summed E-state index contributed by atoms with van der Waals surface area (Å²) < 4.78 is 0. The van der Waals surface area contributed by atoms with Gasteiger partial charge < -0.3 is 15.5 Å². The Kier molecular flexibility index (Phi) is 11.3. The van der Waals surface area contributed by atoms with E-state index in [-0.39, 0.29) is 24.1 Å². The molecule has 0 fully saturated rings. The standard InChI is InChI=1S/C36H47N5O3/c1-35(2,37)25-15-20-32(42)39(6)31(26-27-21-23-29(24-22-27)28-16-11-9-12-17-28)33(43)40(7)36(3,30-18-13-10-14-19-30)34(44)41(8)38(4)5/h9-24,31H,25-26,37H2,1-8H3/b20-15+/t31-,36-/m1/s1. The Bertz CT molecular complexity index is 1430. The molecule has 0 aliphatic carbocycles. The van der Waals surface area contributed by atoms with E-state index in [2.05, 4.69) is 0 Å². The van der Waals surface area contributed by atoms with Crippen molar-refractivity contribution in [3.8, 4) is 11.1 Å². The van der Waals surface area contributed by atoms with Crippen molar-refractivity contribution in [1.29, 1.82) is 0 Å². The van der Waals surface area contributed by atoms with Crippen molar-refractivity contribution < 1.29 is 14.4 Å². The van der Waals surface area contributed by atoms with Gasteiger partial charge in [0, 0.05) is 47.2 Å². The monoisotopic (exact) mass is 597 g/mol. The van der Waals surface area contributed by atoms with Crippen molar-refractivity contribution in [3.63, 3.8) is 0 Å². The van der Waals surface area contributed by atoms with Crippen LogP contribution in [0.4, 0.5) is 0 Å². The predicted molar refractivity (Wildman–Crippen MR) is 177 cm³/mol. The largest absolute Gasteiger partial charge is 0.330 e. The molecule has 2 N–H and O–H groups in total. The van der Waals surface area contributed by atoms with Crippen LogP contribution in [0.15, 0.2) is 97.1 Å². The molecule has 3 amide bonds. The van der Waals surface area contributed by atoms with Crippen LogP contribution < -0.4 is 5.73 Å². The second-order valence-corrected chi connectivity index (χ2v) is 12.3. The lowest BCUT2D eigenvalue weighted by Gasteiger charge is -2.43. The van der Waals surface area contributed by atoms with Crippen molar-refractivity contribution in [2.45, 2.75) is 50.7 Å². The first-order valence-corrected chi connectivity index (χ1v) is 14.8. The number of hydrogen-bond donors (Lipinski definition) is 1. The van der Waals surface area contributed by atoms with Crippen LogP contribution in [0.2, 0.25) is 0 Å². The Morgan fingerprint density at radius 2 is 1.30 bits per heavy atom. The third kappa shape index (κ3) is 8.21. The number of amides is 3. The summed E-state index contributed by atoms with van der Waals surface area (Å²) in [7, 11) is 8.48. The third-order valence-electron chi connectivity index (χ3n) is 8.14. The highest BCUT2D eigenvalue weighted by atomic mass is 16.2. The Morgan fingerprint density at radius 1 is 0.773 bits per heavy atom. The number of hydrazine groups is 1. The zero-order chi connectivity index (χ0) is 32.7. The quantitative estimate of drug-likeness (QED) is 0.241. The molecule has 8 nitrogen and oxygen atoms in total. The molecule has 8 heteroatoms. The molecule has 0 saturated carbocycles. The highest BCUT2D eigenvalue weighted by Gasteiger charge is 2.46. The lowest BCUT2D eigenvalue weighted by molar-refractivity contribution is -0.162. The van der Waals surface area contributed by atoms with Gasteiger partial charge in [0.25, 0.3) is 5.91 Å². The maximum Gasteiger partial charge on any atom is 0.266 e. The average molecular weight is 598 g/mol. The SMILES string of the molecule is CN(C(=O)/C=C/CC(C)(C)N)[C@H](Cc1ccc(-c2ccccc2)cc1)C(=O)N(C)[C@@](C)(C(=O)N(C)N(C)C)c1ccccc1. The maximum absolute atomic E-state index is 14.5. The first kappa shape index (κ1) is 34.2. The molecule has 44 heavy (non-hydrogen) atoms. The van der Waals surface area contributed by atoms with Gasteiger partial charge in [-0.3, -0.25) is 19.4 Å². The Labute approximate surface area is 262 Å². The number of carbonyl (C=O) groups is 3. The molecule has 0 unspecified atom stereocenters. The van der Waals surface area contributed by atoms with Crippen LogP contribution in [-0.2, 0) is 26.3 Å². The number of carbonyl (C=O) groups excluding carboxylic acids is 3. The van der Waals surface area contributed by atoms with E-state index in [1.807, 2.05) is 98.8 Å². The van der Waals surface area contributed by atoms with E-state index in [1.165, 1.54) is 20.9 Å². The van der Waals surface area contributed by atoms with Crippen LogP contribution in [0.3, 0.4) is 0 Å². The molecular weight excluding hydrogens is 550 g/mol. The second kappa shape index (κ2) is 14.5. The smallest absolute Gasteiger partial charge is 0.266 e. The van der Waals surface area contributed by atoms with Gasteiger partial charge in [-0.2, -0.15) is 0 Å². The summed E-state index contributed by atoms with van der Waals surface area (Å²) in [5.74, 6) is -0.956. The summed E-state index contributed by atoms with van der Waals surface area (Å²) >= 11 is 0. The van der Waals surface area contributed by atoms with E-state index in [9.17, 15) is 14.4 Å². The van der Waals surface area contributed by atoms with Crippen LogP contribution in [0, 0.1) is 0 Å². The molecule has 0 aliphatic heterocycles. The first-order chi connectivity index (χ1) is 20.7. The zero-order valence-electron chi connectivity index (χ0n) is 27.3. The van der Waals surface area contributed by atoms with Crippen LogP contribution in [0.1, 0.15) is 38.3 Å². The minimum Gasteiger partial charge on any atom is -0.330 e. The molecular formula is C36H47N5O3. The second-order valence-electron chi connectivity index (χ2n) is 12.3. The van der Waals surface area contributed by atoms with Crippen molar-refractivity contribution in [2.75, 3.05) is 35.2 Å². The zero-order valence-corrected chi connectivity index (χ0v) is 27.3. The summed E-state index contributed by atoms with van der Waals surface area (Å²) in [5, 5.41) is 3.16. The Balaban J connectivity index is 2.03. The van der Waals surface area contributed by atoms with Crippen LogP contribution >= 0.6 is 0 Å². The third-order valence-corrected chi connectivity index (χ3v) is 8.14. The molecule has 2 atom stereocenters. The van der Waals surface area contributed by atoms with Gasteiger partial charge in [-0.05, 0) is 55.5 Å². The van der Waals surface area contributed by atoms with Gasteiger partial charge in [0.05, 0.1) is 0 Å². The van der Waals surface area contributed by atoms with E-state index in [0.29, 0.717) is 12.0 Å². The average Bonchev–Trinajstić information content (AvgIpc) is 3.01. The Morgan fingerprint density at radius 3 is 1.82 bits per heavy atom. The molecule has 0 radical (unpaired) electrons. The summed E-state index contributed by atoms with van der Waals surface area (Å²) in [6.07, 6.45) is 3.97. The van der Waals surface area contributed by atoms with E-state index < -0.39 is 17.1 Å². The number of nitrogens with zero attached hydrogens (tertiary/aromatic N) is 4. The van der Waals surface area contributed by atoms with Gasteiger partial charge in [-0.1, -0.05) is 91.0 Å². The van der Waals surface area contributed by atoms with Crippen LogP contribution in [-0.4, -0.2) is 84.4 Å². The topological polar surface area (TPSA) is 90.2 Å². The highest BCUT2D eigenvalue weighted by molar-refractivity contribution is 5.96. The van der Waals surface area contributed by atoms with Crippen molar-refractivity contribution in [3.05, 3.63) is 108 Å². The van der Waals surface area contributed by atoms with E-state index in [0.717, 1.165) is 16.7 Å². The molecule has 0 aliphatic rings. The fraction of sp³-hybridized carbons (Fsp3) is 0.361. The minimum atomic E-state index is -1.35. The Hall–Kier alpha value is -4.27. The number of nitrogens with two attached hydrogens (primary N) is 1. The molecule has 3 aromatic rings. The highest BCUT2D eigenvalue weighted by Crippen LogP contribution is 2.31. The lowest BCUT2D eigenvalue weighted by atomic mass is 9.88. The van der Waals surface area contributed by atoms with E-state index >= 15 is 0 Å². The van der Waals surface area contributed by atoms with Gasteiger partial charge in [-0.15, -0.1) is 0 Å². The van der Waals surface area contributed by atoms with E-state index in [4.69, 9.17) is 5.73 Å². The molecule has 0 bridgehead atoms. The summed E-state index contributed by atoms with van der Waals surface area (Å²) in [4.78, 5) is 44.9. The van der Waals surface area contributed by atoms with Gasteiger partial charge in [0.15, 0.2) is 0 Å². The van der Waals surface area contributed by atoms with Gasteiger partial charge in [0.1, 0.15) is 11.6 Å². The lowest BCUT2D eigenvalue weighted by Crippen LogP contribution is -2.61. The van der Waals surface area contributed by atoms with Crippen molar-refractivity contribution in [1.82, 2.24) is 19.8 Å². The summed E-state index contributed by atoms with van der Waals surface area (Å²) in [6.45, 7) is 5.52. The molecule has 0 heterocycles. The number of benzene rings is 3. The molecule has 0 spiro atoms. The normalized spacial score (nSPS) is 13.8. The number of rotatable bonds is 12. The van der Waals surface area contributed by atoms with Gasteiger partial charge in [0.2, 0.25) is 11.8 Å². The van der Waals surface area contributed by atoms with Crippen molar-refractivity contribution >= 4 is 17.7 Å². The fourth-order valence-electron chi connectivity index (χ4n) is 4.98. The van der Waals surface area contributed by atoms with Gasteiger partial charge in [-0.25, -0.2) is 5.01 Å². The van der Waals surface area contributed by atoms with Crippen LogP contribution in [0.5, 0.6) is 0 Å². The number of hydrogen-bond acceptors (Lipinski definition) is 5. The molecule has 3 aromatic carbocycles. The summed E-state index contributed by atoms with van der Waals surface area (Å²) in [6, 6.07) is 26.4. The minimum absolute atomic E-state index is 0.263. The van der Waals surface area contributed by atoms with Gasteiger partial charge >= 0.3 is 0 Å². The molecule has 234 valence electrons. The van der Waals surface area contributed by atoms with Crippen LogP contribution in [0.25, 0.3) is 11.1 Å². The number of likely N-dealkylation sites (N-methyl/N-ethyl adjacent to an activating group) is 3. The molecule has 3 rings (SSSR count). The predicted octanol–water partition coefficient (Wildman–Crippen LogP) is 4.72. The maximum atomic E-state index is 14.5. The van der Waals surface area contributed by atoms with E-state index in [1.54, 1.807) is 53.2 Å². The molecule has 0 saturated heterocycles. The van der Waals surface area contributed by atoms with Crippen molar-refractivity contribution in [2.24, 2.45) is 5.73 Å². The molecule has 0 aromatic heterocycles. The first-order valence-electron chi connectivity index (χ1n) is 14.8.